The number of aromatic nitrogens is 1. The third-order valence-corrected chi connectivity index (χ3v) is 3.90. The topological polar surface area (TPSA) is 79.7 Å². The van der Waals surface area contributed by atoms with Gasteiger partial charge in [-0.3, -0.25) is 10.4 Å². The molecule has 1 unspecified atom stereocenters. The molecule has 1 aromatic heterocycles. The second kappa shape index (κ2) is 10.1. The van der Waals surface area contributed by atoms with E-state index in [9.17, 15) is 5.11 Å². The van der Waals surface area contributed by atoms with Crippen molar-refractivity contribution in [3.8, 4) is 0 Å². The van der Waals surface area contributed by atoms with Gasteiger partial charge >= 0.3 is 0 Å². The van der Waals surface area contributed by atoms with Crippen molar-refractivity contribution in [3.63, 3.8) is 0 Å². The first-order valence-corrected chi connectivity index (χ1v) is 8.28. The van der Waals surface area contributed by atoms with E-state index in [0.717, 1.165) is 30.4 Å². The summed E-state index contributed by atoms with van der Waals surface area (Å²) in [5.74, 6) is 0.175. The molecule has 5 heteroatoms. The minimum Gasteiger partial charge on any atom is -0.388 e. The third-order valence-electron chi connectivity index (χ3n) is 3.90. The van der Waals surface area contributed by atoms with E-state index in [1.807, 2.05) is 13.0 Å². The Bertz CT molecular complexity index is 594. The Morgan fingerprint density at radius 2 is 1.88 bits per heavy atom. The van der Waals surface area contributed by atoms with Crippen LogP contribution in [0.5, 0.6) is 0 Å². The van der Waals surface area contributed by atoms with E-state index in [-0.39, 0.29) is 11.0 Å². The molecule has 1 rings (SSSR count). The normalized spacial score (nSPS) is 13.8. The van der Waals surface area contributed by atoms with Gasteiger partial charge < -0.3 is 10.1 Å². The summed E-state index contributed by atoms with van der Waals surface area (Å²) in [5, 5.41) is 28.1. The number of allylic oxidation sites excluding steroid dienone is 5. The number of rotatable bonds is 9. The van der Waals surface area contributed by atoms with Crippen LogP contribution in [0, 0.1) is 0 Å². The number of aliphatic hydroxyl groups is 1. The molecular weight excluding hydrogens is 304 g/mol. The molecule has 1 aromatic rings. The minimum atomic E-state index is -0.584. The quantitative estimate of drug-likeness (QED) is 0.395. The third kappa shape index (κ3) is 7.64. The van der Waals surface area contributed by atoms with Crippen LogP contribution in [-0.2, 0) is 6.42 Å². The zero-order chi connectivity index (χ0) is 18.1. The van der Waals surface area contributed by atoms with Crippen molar-refractivity contribution in [3.05, 3.63) is 52.8 Å². The fourth-order valence-electron chi connectivity index (χ4n) is 2.32. The van der Waals surface area contributed by atoms with Crippen LogP contribution in [0.3, 0.4) is 0 Å². The molecule has 0 saturated heterocycles. The predicted octanol–water partition coefficient (Wildman–Crippen LogP) is 4.53. The summed E-state index contributed by atoms with van der Waals surface area (Å²) in [6.45, 7) is 8.27. The Morgan fingerprint density at radius 1 is 1.17 bits per heavy atom. The highest BCUT2D eigenvalue weighted by molar-refractivity contribution is 5.37. The maximum Gasteiger partial charge on any atom is 0.161 e. The number of nitrogens with zero attached hydrogens (tertiary/aromatic N) is 1. The van der Waals surface area contributed by atoms with Crippen molar-refractivity contribution in [1.29, 1.82) is 0 Å². The number of aliphatic hydroxyl groups excluding tert-OH is 1. The molecule has 4 N–H and O–H groups in total. The van der Waals surface area contributed by atoms with Gasteiger partial charge in [0.2, 0.25) is 0 Å². The highest BCUT2D eigenvalue weighted by Gasteiger charge is 2.10. The van der Waals surface area contributed by atoms with Gasteiger partial charge in [0.15, 0.2) is 5.82 Å². The lowest BCUT2D eigenvalue weighted by molar-refractivity contribution is 0.0270. The number of hydrogen-bond acceptors (Lipinski definition) is 4. The molecule has 0 aromatic carbocycles. The lowest BCUT2D eigenvalue weighted by Gasteiger charge is -2.10. The molecule has 5 nitrogen and oxygen atoms in total. The van der Waals surface area contributed by atoms with Gasteiger partial charge in [0.1, 0.15) is 0 Å². The average Bonchev–Trinajstić information content (AvgIpc) is 2.95. The molecule has 0 aliphatic heterocycles. The Morgan fingerprint density at radius 3 is 2.46 bits per heavy atom. The molecule has 0 saturated carbocycles. The van der Waals surface area contributed by atoms with Gasteiger partial charge in [-0.2, -0.15) is 0 Å². The van der Waals surface area contributed by atoms with Crippen molar-refractivity contribution in [2.75, 3.05) is 5.23 Å². The highest BCUT2D eigenvalue weighted by Crippen LogP contribution is 2.16. The maximum absolute atomic E-state index is 10.2. The van der Waals surface area contributed by atoms with Gasteiger partial charge in [-0.15, -0.1) is 5.23 Å². The summed E-state index contributed by atoms with van der Waals surface area (Å²) in [4.78, 5) is 2.72. The summed E-state index contributed by atoms with van der Waals surface area (Å²) >= 11 is 0. The van der Waals surface area contributed by atoms with Crippen LogP contribution in [0.1, 0.15) is 52.5 Å². The van der Waals surface area contributed by atoms with Crippen LogP contribution >= 0.6 is 0 Å². The van der Waals surface area contributed by atoms with Gasteiger partial charge in [-0.25, -0.2) is 0 Å². The average molecular weight is 334 g/mol. The SMILES string of the molecule is CC(C)=CCCC(C)=CCC=C(C)C(O)Cc1c[nH]c(N(O)O)c1. The Balaban J connectivity index is 2.47. The monoisotopic (exact) mass is 334 g/mol. The van der Waals surface area contributed by atoms with E-state index in [0.29, 0.717) is 6.42 Å². The van der Waals surface area contributed by atoms with Crippen LogP contribution in [0.4, 0.5) is 5.82 Å². The summed E-state index contributed by atoms with van der Waals surface area (Å²) < 4.78 is 0. The molecule has 0 aliphatic rings. The Labute approximate surface area is 144 Å². The van der Waals surface area contributed by atoms with Gasteiger partial charge in [-0.1, -0.05) is 29.4 Å². The van der Waals surface area contributed by atoms with Crippen molar-refractivity contribution < 1.29 is 15.5 Å². The highest BCUT2D eigenvalue weighted by atomic mass is 16.8. The molecule has 1 atom stereocenters. The van der Waals surface area contributed by atoms with Gasteiger partial charge in [0.05, 0.1) is 6.10 Å². The molecule has 24 heavy (non-hydrogen) atoms. The van der Waals surface area contributed by atoms with Crippen LogP contribution in [0.25, 0.3) is 0 Å². The molecular formula is C19H30N2O3. The van der Waals surface area contributed by atoms with Gasteiger partial charge in [0, 0.05) is 12.6 Å². The van der Waals surface area contributed by atoms with E-state index < -0.39 is 6.10 Å². The largest absolute Gasteiger partial charge is 0.388 e. The smallest absolute Gasteiger partial charge is 0.161 e. The standard InChI is InChI=1S/C19H30N2O3/c1-14(2)7-5-8-15(3)9-6-10-16(4)18(22)11-17-12-19(20-13-17)21(23)24/h7,9-10,12-13,18,20,22-24H,5-6,8,11H2,1-4H3. The van der Waals surface area contributed by atoms with Crippen molar-refractivity contribution in [2.45, 2.75) is 59.5 Å². The first-order chi connectivity index (χ1) is 11.3. The Kier molecular flexibility index (Phi) is 8.54. The summed E-state index contributed by atoms with van der Waals surface area (Å²) in [7, 11) is 0. The summed E-state index contributed by atoms with van der Waals surface area (Å²) in [5.41, 5.74) is 4.43. The van der Waals surface area contributed by atoms with Crippen LogP contribution in [0.2, 0.25) is 0 Å². The molecule has 1 heterocycles. The predicted molar refractivity (Wildman–Crippen MR) is 97.4 cm³/mol. The zero-order valence-electron chi connectivity index (χ0n) is 15.1. The van der Waals surface area contributed by atoms with E-state index in [1.54, 1.807) is 12.3 Å². The number of aromatic amines is 1. The molecule has 0 bridgehead atoms. The summed E-state index contributed by atoms with van der Waals surface area (Å²) in [6.07, 6.45) is 10.9. The van der Waals surface area contributed by atoms with Crippen LogP contribution in [-0.4, -0.2) is 26.6 Å². The van der Waals surface area contributed by atoms with E-state index >= 15 is 0 Å². The molecule has 0 spiro atoms. The lowest BCUT2D eigenvalue weighted by Crippen LogP contribution is -2.12. The molecule has 0 amide bonds. The summed E-state index contributed by atoms with van der Waals surface area (Å²) in [6, 6.07) is 1.59. The molecule has 0 fully saturated rings. The van der Waals surface area contributed by atoms with Crippen molar-refractivity contribution in [2.24, 2.45) is 0 Å². The lowest BCUT2D eigenvalue weighted by atomic mass is 10.0. The van der Waals surface area contributed by atoms with Gasteiger partial charge in [0.25, 0.3) is 0 Å². The molecule has 0 radical (unpaired) electrons. The Hall–Kier alpha value is -1.82. The number of H-pyrrole nitrogens is 1. The molecule has 134 valence electrons. The van der Waals surface area contributed by atoms with Crippen LogP contribution in [0.15, 0.2) is 47.2 Å². The fraction of sp³-hybridized carbons (Fsp3) is 0.474. The number of anilines is 1. The van der Waals surface area contributed by atoms with Gasteiger partial charge in [-0.05, 0) is 64.2 Å². The zero-order valence-corrected chi connectivity index (χ0v) is 15.1. The molecule has 0 aliphatic carbocycles. The number of hydrogen-bond donors (Lipinski definition) is 4. The van der Waals surface area contributed by atoms with Crippen molar-refractivity contribution in [1.82, 2.24) is 4.98 Å². The van der Waals surface area contributed by atoms with E-state index in [1.165, 1.54) is 11.1 Å². The van der Waals surface area contributed by atoms with E-state index in [2.05, 4.69) is 37.9 Å². The van der Waals surface area contributed by atoms with Crippen molar-refractivity contribution >= 4 is 5.82 Å². The first-order valence-electron chi connectivity index (χ1n) is 8.28. The second-order valence-electron chi connectivity index (χ2n) is 6.46. The minimum absolute atomic E-state index is 0.0291. The van der Waals surface area contributed by atoms with Crippen LogP contribution < -0.4 is 5.23 Å². The second-order valence-corrected chi connectivity index (χ2v) is 6.46. The first kappa shape index (κ1) is 20.2. The van der Waals surface area contributed by atoms with E-state index in [4.69, 9.17) is 10.4 Å². The number of nitrogens with one attached hydrogen (secondary N) is 1. The maximum atomic E-state index is 10.2. The fourth-order valence-corrected chi connectivity index (χ4v) is 2.32.